The molecule has 2 amide bonds. The first kappa shape index (κ1) is 20.8. The largest absolute Gasteiger partial charge is 0.481 e. The van der Waals surface area contributed by atoms with Gasteiger partial charge in [0.1, 0.15) is 5.75 Å². The van der Waals surface area contributed by atoms with Gasteiger partial charge in [0.25, 0.3) is 0 Å². The minimum absolute atomic E-state index is 0.0421. The molecular weight excluding hydrogens is 320 g/mol. The van der Waals surface area contributed by atoms with Crippen LogP contribution in [0.2, 0.25) is 0 Å². The normalized spacial score (nSPS) is 11.0. The van der Waals surface area contributed by atoms with Gasteiger partial charge in [-0.2, -0.15) is 0 Å². The third-order valence-electron chi connectivity index (χ3n) is 3.76. The van der Waals surface area contributed by atoms with Crippen LogP contribution < -0.4 is 15.4 Å². The van der Waals surface area contributed by atoms with E-state index in [1.807, 2.05) is 19.1 Å². The molecule has 0 heterocycles. The standard InChI is InChI=1S/C19H30N2O4/c1-14-9-10-16(15(12-14)19(2,3)4)25-13-21-18(24)20-11-7-5-6-8-17(22)23/h9-10,12H,5-8,11,13H2,1-4H3,(H,22,23)(H2,20,21,24). The quantitative estimate of drug-likeness (QED) is 0.469. The van der Waals surface area contributed by atoms with E-state index in [4.69, 9.17) is 9.84 Å². The van der Waals surface area contributed by atoms with E-state index in [-0.39, 0.29) is 24.6 Å². The molecule has 0 aromatic heterocycles. The number of aryl methyl sites for hydroxylation is 1. The number of amides is 2. The molecule has 0 aliphatic carbocycles. The molecule has 0 aliphatic rings. The lowest BCUT2D eigenvalue weighted by molar-refractivity contribution is -0.137. The Hall–Kier alpha value is -2.24. The molecule has 0 aliphatic heterocycles. The van der Waals surface area contributed by atoms with E-state index < -0.39 is 5.97 Å². The van der Waals surface area contributed by atoms with Gasteiger partial charge in [0.05, 0.1) is 0 Å². The van der Waals surface area contributed by atoms with Gasteiger partial charge in [0.15, 0.2) is 6.73 Å². The van der Waals surface area contributed by atoms with Gasteiger partial charge in [-0.15, -0.1) is 0 Å². The van der Waals surface area contributed by atoms with E-state index in [1.165, 1.54) is 5.56 Å². The highest BCUT2D eigenvalue weighted by molar-refractivity contribution is 5.73. The average Bonchev–Trinajstić information content (AvgIpc) is 2.51. The van der Waals surface area contributed by atoms with Crippen LogP contribution in [0.4, 0.5) is 4.79 Å². The summed E-state index contributed by atoms with van der Waals surface area (Å²) in [6.45, 7) is 9.03. The van der Waals surface area contributed by atoms with Gasteiger partial charge in [-0.05, 0) is 36.8 Å². The Morgan fingerprint density at radius 3 is 2.48 bits per heavy atom. The van der Waals surface area contributed by atoms with Crippen molar-refractivity contribution < 1.29 is 19.4 Å². The van der Waals surface area contributed by atoms with Crippen LogP contribution in [-0.2, 0) is 10.2 Å². The lowest BCUT2D eigenvalue weighted by Gasteiger charge is -2.23. The summed E-state index contributed by atoms with van der Waals surface area (Å²) in [5, 5.41) is 13.9. The maximum Gasteiger partial charge on any atom is 0.317 e. The minimum Gasteiger partial charge on any atom is -0.481 e. The van der Waals surface area contributed by atoms with Crippen molar-refractivity contribution >= 4 is 12.0 Å². The van der Waals surface area contributed by atoms with Crippen LogP contribution in [0.15, 0.2) is 18.2 Å². The number of ether oxygens (including phenoxy) is 1. The van der Waals surface area contributed by atoms with Crippen LogP contribution in [0, 0.1) is 6.92 Å². The Morgan fingerprint density at radius 2 is 1.84 bits per heavy atom. The molecular formula is C19H30N2O4. The van der Waals surface area contributed by atoms with Crippen molar-refractivity contribution in [1.29, 1.82) is 0 Å². The zero-order valence-electron chi connectivity index (χ0n) is 15.6. The first-order valence-electron chi connectivity index (χ1n) is 8.67. The maximum atomic E-state index is 11.7. The Bertz CT molecular complexity index is 579. The van der Waals surface area contributed by atoms with Crippen molar-refractivity contribution in [2.75, 3.05) is 13.3 Å². The van der Waals surface area contributed by atoms with E-state index in [1.54, 1.807) is 0 Å². The second-order valence-electron chi connectivity index (χ2n) is 7.18. The molecule has 0 radical (unpaired) electrons. The minimum atomic E-state index is -0.784. The third kappa shape index (κ3) is 8.42. The number of carbonyl (C=O) groups excluding carboxylic acids is 1. The molecule has 25 heavy (non-hydrogen) atoms. The number of carboxylic acids is 1. The number of rotatable bonds is 9. The number of benzene rings is 1. The number of carboxylic acid groups (broad SMARTS) is 1. The van der Waals surface area contributed by atoms with Gasteiger partial charge in [-0.25, -0.2) is 4.79 Å². The Labute approximate surface area is 150 Å². The summed E-state index contributed by atoms with van der Waals surface area (Å²) in [6.07, 6.45) is 2.34. The van der Waals surface area contributed by atoms with Crippen LogP contribution in [0.3, 0.4) is 0 Å². The molecule has 3 N–H and O–H groups in total. The fraction of sp³-hybridized carbons (Fsp3) is 0.579. The van der Waals surface area contributed by atoms with Crippen molar-refractivity contribution in [3.05, 3.63) is 29.3 Å². The van der Waals surface area contributed by atoms with E-state index in [2.05, 4.69) is 37.5 Å². The zero-order valence-corrected chi connectivity index (χ0v) is 15.6. The Morgan fingerprint density at radius 1 is 1.12 bits per heavy atom. The number of hydrogen-bond acceptors (Lipinski definition) is 3. The molecule has 0 unspecified atom stereocenters. The van der Waals surface area contributed by atoms with Crippen molar-refractivity contribution in [2.45, 2.75) is 58.8 Å². The molecule has 140 valence electrons. The third-order valence-corrected chi connectivity index (χ3v) is 3.76. The van der Waals surface area contributed by atoms with E-state index in [9.17, 15) is 9.59 Å². The lowest BCUT2D eigenvalue weighted by Crippen LogP contribution is -2.38. The van der Waals surface area contributed by atoms with Crippen molar-refractivity contribution in [1.82, 2.24) is 10.6 Å². The summed E-state index contributed by atoms with van der Waals surface area (Å²) in [4.78, 5) is 22.1. The molecule has 0 saturated heterocycles. The molecule has 1 aromatic rings. The lowest BCUT2D eigenvalue weighted by atomic mass is 9.85. The fourth-order valence-corrected chi connectivity index (χ4v) is 2.38. The van der Waals surface area contributed by atoms with E-state index >= 15 is 0 Å². The van der Waals surface area contributed by atoms with Crippen LogP contribution in [-0.4, -0.2) is 30.4 Å². The van der Waals surface area contributed by atoms with Crippen LogP contribution in [0.5, 0.6) is 5.75 Å². The van der Waals surface area contributed by atoms with E-state index in [0.717, 1.165) is 24.2 Å². The molecule has 0 fully saturated rings. The van der Waals surface area contributed by atoms with Gasteiger partial charge in [-0.3, -0.25) is 4.79 Å². The Balaban J connectivity index is 2.31. The molecule has 6 nitrogen and oxygen atoms in total. The maximum absolute atomic E-state index is 11.7. The molecule has 0 saturated carbocycles. The highest BCUT2D eigenvalue weighted by Crippen LogP contribution is 2.31. The predicted molar refractivity (Wildman–Crippen MR) is 98.0 cm³/mol. The number of carbonyl (C=O) groups is 2. The highest BCUT2D eigenvalue weighted by atomic mass is 16.5. The molecule has 1 rings (SSSR count). The summed E-state index contributed by atoms with van der Waals surface area (Å²) >= 11 is 0. The fourth-order valence-electron chi connectivity index (χ4n) is 2.38. The summed E-state index contributed by atoms with van der Waals surface area (Å²) < 4.78 is 5.72. The first-order valence-corrected chi connectivity index (χ1v) is 8.67. The Kier molecular flexibility index (Phi) is 8.25. The van der Waals surface area contributed by atoms with Crippen molar-refractivity contribution in [3.8, 4) is 5.75 Å². The molecule has 1 aromatic carbocycles. The number of hydrogen-bond donors (Lipinski definition) is 3. The highest BCUT2D eigenvalue weighted by Gasteiger charge is 2.19. The summed E-state index contributed by atoms with van der Waals surface area (Å²) in [5.74, 6) is -0.0133. The second kappa shape index (κ2) is 9.91. The van der Waals surface area contributed by atoms with E-state index in [0.29, 0.717) is 13.0 Å². The van der Waals surface area contributed by atoms with Crippen molar-refractivity contribution in [3.63, 3.8) is 0 Å². The second-order valence-corrected chi connectivity index (χ2v) is 7.18. The summed E-state index contributed by atoms with van der Waals surface area (Å²) in [6, 6.07) is 5.73. The first-order chi connectivity index (χ1) is 11.7. The number of aliphatic carboxylic acids is 1. The van der Waals surface area contributed by atoms with Gasteiger partial charge in [0.2, 0.25) is 0 Å². The molecule has 6 heteroatoms. The molecule has 0 bridgehead atoms. The topological polar surface area (TPSA) is 87.7 Å². The molecule has 0 atom stereocenters. The summed E-state index contributed by atoms with van der Waals surface area (Å²) in [7, 11) is 0. The SMILES string of the molecule is Cc1ccc(OCNC(=O)NCCCCCC(=O)O)c(C(C)(C)C)c1. The van der Waals surface area contributed by atoms with Crippen LogP contribution in [0.25, 0.3) is 0 Å². The van der Waals surface area contributed by atoms with Crippen LogP contribution in [0.1, 0.15) is 57.6 Å². The smallest absolute Gasteiger partial charge is 0.317 e. The number of nitrogens with one attached hydrogen (secondary N) is 2. The van der Waals surface area contributed by atoms with Gasteiger partial charge in [-0.1, -0.05) is 44.9 Å². The van der Waals surface area contributed by atoms with Gasteiger partial charge >= 0.3 is 12.0 Å². The average molecular weight is 350 g/mol. The number of urea groups is 1. The zero-order chi connectivity index (χ0) is 18.9. The van der Waals surface area contributed by atoms with Gasteiger partial charge < -0.3 is 20.5 Å². The number of unbranched alkanes of at least 4 members (excludes halogenated alkanes) is 2. The monoisotopic (exact) mass is 350 g/mol. The van der Waals surface area contributed by atoms with Crippen molar-refractivity contribution in [2.24, 2.45) is 0 Å². The summed E-state index contributed by atoms with van der Waals surface area (Å²) in [5.41, 5.74) is 2.23. The van der Waals surface area contributed by atoms with Gasteiger partial charge in [0, 0.05) is 13.0 Å². The predicted octanol–water partition coefficient (Wildman–Crippen LogP) is 3.57. The van der Waals surface area contributed by atoms with Crippen LogP contribution >= 0.6 is 0 Å². The molecule has 0 spiro atoms.